The van der Waals surface area contributed by atoms with Gasteiger partial charge in [-0.3, -0.25) is 0 Å². The van der Waals surface area contributed by atoms with Crippen LogP contribution in [0.15, 0.2) is 0 Å². The Balaban J connectivity index is 2.03. The Kier molecular flexibility index (Phi) is 1.92. The van der Waals surface area contributed by atoms with E-state index in [9.17, 15) is 5.11 Å². The fourth-order valence-electron chi connectivity index (χ4n) is 2.90. The molecule has 1 heterocycles. The Morgan fingerprint density at radius 1 is 1.08 bits per heavy atom. The highest BCUT2D eigenvalue weighted by molar-refractivity contribution is 4.97. The predicted molar refractivity (Wildman–Crippen MR) is 49.0 cm³/mol. The van der Waals surface area contributed by atoms with Gasteiger partial charge < -0.3 is 10.4 Å². The summed E-state index contributed by atoms with van der Waals surface area (Å²) in [5, 5.41) is 13.3. The highest BCUT2D eigenvalue weighted by Crippen LogP contribution is 2.49. The van der Waals surface area contributed by atoms with E-state index in [0.29, 0.717) is 5.41 Å². The SMILES string of the molecule is CC1(O)CCC2(CCNCC2)C1. The second-order valence-electron chi connectivity index (χ2n) is 4.92. The molecule has 1 saturated heterocycles. The molecule has 2 N–H and O–H groups in total. The molecule has 2 fully saturated rings. The Labute approximate surface area is 74.4 Å². The summed E-state index contributed by atoms with van der Waals surface area (Å²) in [5.74, 6) is 0. The maximum absolute atomic E-state index is 9.89. The van der Waals surface area contributed by atoms with Crippen molar-refractivity contribution in [2.75, 3.05) is 13.1 Å². The number of nitrogens with one attached hydrogen (secondary N) is 1. The summed E-state index contributed by atoms with van der Waals surface area (Å²) in [7, 11) is 0. The topological polar surface area (TPSA) is 32.3 Å². The van der Waals surface area contributed by atoms with Gasteiger partial charge in [0.2, 0.25) is 0 Å². The third-order valence-corrected chi connectivity index (χ3v) is 3.61. The first-order chi connectivity index (χ1) is 5.62. The minimum Gasteiger partial charge on any atom is -0.390 e. The van der Waals surface area contributed by atoms with Gasteiger partial charge in [0.1, 0.15) is 0 Å². The fourth-order valence-corrected chi connectivity index (χ4v) is 2.90. The molecule has 1 saturated carbocycles. The zero-order valence-electron chi connectivity index (χ0n) is 7.90. The van der Waals surface area contributed by atoms with Crippen LogP contribution in [0.25, 0.3) is 0 Å². The number of aliphatic hydroxyl groups is 1. The van der Waals surface area contributed by atoms with Gasteiger partial charge in [-0.25, -0.2) is 0 Å². The van der Waals surface area contributed by atoms with E-state index in [1.54, 1.807) is 0 Å². The maximum Gasteiger partial charge on any atom is 0.0625 e. The fraction of sp³-hybridized carbons (Fsp3) is 1.00. The van der Waals surface area contributed by atoms with Crippen molar-refractivity contribution in [1.29, 1.82) is 0 Å². The van der Waals surface area contributed by atoms with Gasteiger partial charge >= 0.3 is 0 Å². The lowest BCUT2D eigenvalue weighted by atomic mass is 9.76. The van der Waals surface area contributed by atoms with Gasteiger partial charge in [-0.05, 0) is 57.5 Å². The predicted octanol–water partition coefficient (Wildman–Crippen LogP) is 1.29. The third kappa shape index (κ3) is 1.50. The normalized spacial score (nSPS) is 40.5. The molecule has 0 radical (unpaired) electrons. The quantitative estimate of drug-likeness (QED) is 0.572. The second kappa shape index (κ2) is 2.71. The Morgan fingerprint density at radius 2 is 1.75 bits per heavy atom. The zero-order valence-corrected chi connectivity index (χ0v) is 7.90. The lowest BCUT2D eigenvalue weighted by Crippen LogP contribution is -2.36. The van der Waals surface area contributed by atoms with Crippen LogP contribution in [0.5, 0.6) is 0 Å². The van der Waals surface area contributed by atoms with Gasteiger partial charge in [-0.1, -0.05) is 0 Å². The molecule has 1 aliphatic carbocycles. The molecule has 1 atom stereocenters. The van der Waals surface area contributed by atoms with Gasteiger partial charge in [-0.2, -0.15) is 0 Å². The Morgan fingerprint density at radius 3 is 2.25 bits per heavy atom. The van der Waals surface area contributed by atoms with Crippen LogP contribution in [0.3, 0.4) is 0 Å². The molecule has 2 rings (SSSR count). The van der Waals surface area contributed by atoms with E-state index < -0.39 is 0 Å². The van der Waals surface area contributed by atoms with E-state index in [4.69, 9.17) is 0 Å². The summed E-state index contributed by atoms with van der Waals surface area (Å²) in [4.78, 5) is 0. The summed E-state index contributed by atoms with van der Waals surface area (Å²) >= 11 is 0. The van der Waals surface area contributed by atoms with Crippen molar-refractivity contribution in [3.05, 3.63) is 0 Å². The molecular formula is C10H19NO. The molecule has 0 bridgehead atoms. The molecule has 70 valence electrons. The molecule has 1 spiro atoms. The Hall–Kier alpha value is -0.0800. The smallest absolute Gasteiger partial charge is 0.0625 e. The van der Waals surface area contributed by atoms with Gasteiger partial charge in [0.05, 0.1) is 5.60 Å². The van der Waals surface area contributed by atoms with E-state index in [1.807, 2.05) is 6.92 Å². The van der Waals surface area contributed by atoms with E-state index in [-0.39, 0.29) is 5.60 Å². The van der Waals surface area contributed by atoms with Crippen molar-refractivity contribution in [3.63, 3.8) is 0 Å². The van der Waals surface area contributed by atoms with Crippen molar-refractivity contribution < 1.29 is 5.11 Å². The van der Waals surface area contributed by atoms with Crippen molar-refractivity contribution in [2.24, 2.45) is 5.41 Å². The summed E-state index contributed by atoms with van der Waals surface area (Å²) in [6.07, 6.45) is 5.81. The van der Waals surface area contributed by atoms with Crippen molar-refractivity contribution in [3.8, 4) is 0 Å². The molecule has 2 heteroatoms. The molecule has 1 unspecified atom stereocenters. The van der Waals surface area contributed by atoms with E-state index >= 15 is 0 Å². The minimum atomic E-state index is -0.364. The molecule has 1 aliphatic heterocycles. The summed E-state index contributed by atoms with van der Waals surface area (Å²) < 4.78 is 0. The molecular weight excluding hydrogens is 150 g/mol. The lowest BCUT2D eigenvalue weighted by Gasteiger charge is -2.34. The van der Waals surface area contributed by atoms with Gasteiger partial charge in [-0.15, -0.1) is 0 Å². The molecule has 0 aromatic carbocycles. The standard InChI is InChI=1S/C10H19NO/c1-9(12)2-3-10(8-9)4-6-11-7-5-10/h11-12H,2-8H2,1H3. The zero-order chi connectivity index (χ0) is 8.66. The van der Waals surface area contributed by atoms with Crippen LogP contribution in [-0.4, -0.2) is 23.8 Å². The highest BCUT2D eigenvalue weighted by atomic mass is 16.3. The average molecular weight is 169 g/mol. The maximum atomic E-state index is 9.89. The van der Waals surface area contributed by atoms with Gasteiger partial charge in [0.15, 0.2) is 0 Å². The molecule has 2 nitrogen and oxygen atoms in total. The minimum absolute atomic E-state index is 0.364. The monoisotopic (exact) mass is 169 g/mol. The van der Waals surface area contributed by atoms with Crippen LogP contribution in [0.4, 0.5) is 0 Å². The summed E-state index contributed by atoms with van der Waals surface area (Å²) in [6, 6.07) is 0. The first-order valence-corrected chi connectivity index (χ1v) is 5.05. The number of piperidine rings is 1. The summed E-state index contributed by atoms with van der Waals surface area (Å²) in [5.41, 5.74) is 0.131. The Bertz CT molecular complexity index is 171. The van der Waals surface area contributed by atoms with Crippen molar-refractivity contribution in [2.45, 2.75) is 44.6 Å². The lowest BCUT2D eigenvalue weighted by molar-refractivity contribution is 0.0468. The molecule has 12 heavy (non-hydrogen) atoms. The average Bonchev–Trinajstić information content (AvgIpc) is 2.29. The largest absolute Gasteiger partial charge is 0.390 e. The molecule has 0 aromatic heterocycles. The van der Waals surface area contributed by atoms with Gasteiger partial charge in [0.25, 0.3) is 0 Å². The number of hydrogen-bond donors (Lipinski definition) is 2. The van der Waals surface area contributed by atoms with Crippen molar-refractivity contribution >= 4 is 0 Å². The molecule has 0 aromatic rings. The number of hydrogen-bond acceptors (Lipinski definition) is 2. The van der Waals surface area contributed by atoms with Crippen LogP contribution >= 0.6 is 0 Å². The van der Waals surface area contributed by atoms with Crippen LogP contribution in [0, 0.1) is 5.41 Å². The van der Waals surface area contributed by atoms with Gasteiger partial charge in [0, 0.05) is 0 Å². The van der Waals surface area contributed by atoms with Crippen molar-refractivity contribution in [1.82, 2.24) is 5.32 Å². The van der Waals surface area contributed by atoms with Crippen LogP contribution in [0.2, 0.25) is 0 Å². The van der Waals surface area contributed by atoms with Crippen LogP contribution in [-0.2, 0) is 0 Å². The first kappa shape index (κ1) is 8.52. The first-order valence-electron chi connectivity index (χ1n) is 5.05. The van der Waals surface area contributed by atoms with Crippen LogP contribution in [0.1, 0.15) is 39.0 Å². The van der Waals surface area contributed by atoms with E-state index in [0.717, 1.165) is 25.9 Å². The highest BCUT2D eigenvalue weighted by Gasteiger charge is 2.44. The molecule has 0 amide bonds. The molecule has 2 aliphatic rings. The summed E-state index contributed by atoms with van der Waals surface area (Å²) in [6.45, 7) is 4.29. The van der Waals surface area contributed by atoms with E-state index in [2.05, 4.69) is 5.32 Å². The van der Waals surface area contributed by atoms with Crippen LogP contribution < -0.4 is 5.32 Å². The second-order valence-corrected chi connectivity index (χ2v) is 4.92. The number of rotatable bonds is 0. The third-order valence-electron chi connectivity index (χ3n) is 3.61. The van der Waals surface area contributed by atoms with E-state index in [1.165, 1.54) is 19.3 Å².